The van der Waals surface area contributed by atoms with Crippen molar-refractivity contribution in [3.05, 3.63) is 71.3 Å². The van der Waals surface area contributed by atoms with Crippen molar-refractivity contribution in [3.8, 4) is 0 Å². The van der Waals surface area contributed by atoms with Gasteiger partial charge in [-0.3, -0.25) is 14.8 Å². The lowest BCUT2D eigenvalue weighted by Crippen LogP contribution is -2.20. The van der Waals surface area contributed by atoms with Gasteiger partial charge < -0.3 is 0 Å². The first-order chi connectivity index (χ1) is 10.7. The van der Waals surface area contributed by atoms with Gasteiger partial charge in [-0.2, -0.15) is 5.10 Å². The van der Waals surface area contributed by atoms with E-state index in [1.807, 2.05) is 30.3 Å². The van der Waals surface area contributed by atoms with Gasteiger partial charge in [-0.25, -0.2) is 10.9 Å². The number of carbonyl (C=O) groups excluding carboxylic acids is 2. The van der Waals surface area contributed by atoms with Gasteiger partial charge in [0.25, 0.3) is 11.8 Å². The second-order valence-corrected chi connectivity index (χ2v) is 4.46. The molecule has 6 heteroatoms. The molecule has 0 saturated carbocycles. The Morgan fingerprint density at radius 3 is 2.14 bits per heavy atom. The molecule has 0 aliphatic carbocycles. The van der Waals surface area contributed by atoms with E-state index in [0.29, 0.717) is 12.0 Å². The normalized spacial score (nSPS) is 10.4. The van der Waals surface area contributed by atoms with E-state index in [-0.39, 0.29) is 11.5 Å². The van der Waals surface area contributed by atoms with Gasteiger partial charge in [0.15, 0.2) is 0 Å². The zero-order valence-corrected chi connectivity index (χ0v) is 11.7. The number of hydrogen-bond donors (Lipinski definition) is 3. The van der Waals surface area contributed by atoms with Gasteiger partial charge in [-0.1, -0.05) is 30.3 Å². The topological polar surface area (TPSA) is 90.8 Å². The van der Waals surface area contributed by atoms with E-state index >= 15 is 0 Å². The average molecular weight is 297 g/mol. The molecule has 2 aromatic carbocycles. The molecule has 0 spiro atoms. The van der Waals surface area contributed by atoms with Crippen molar-refractivity contribution >= 4 is 18.0 Å². The standard InChI is InChI=1S/C16H15N3O3/c20-15(13-6-8-14(9-7-13)16(21)19-22)18-17-11-10-12-4-2-1-3-5-12/h1-9,11,22H,10H2,(H,18,20)(H,19,21)/b17-11+. The van der Waals surface area contributed by atoms with Gasteiger partial charge in [0.05, 0.1) is 0 Å². The molecule has 0 aromatic heterocycles. The highest BCUT2D eigenvalue weighted by Gasteiger charge is 2.07. The predicted molar refractivity (Wildman–Crippen MR) is 81.8 cm³/mol. The average Bonchev–Trinajstić information content (AvgIpc) is 2.59. The van der Waals surface area contributed by atoms with Crippen molar-refractivity contribution < 1.29 is 14.8 Å². The minimum atomic E-state index is -0.632. The van der Waals surface area contributed by atoms with Gasteiger partial charge in [0.2, 0.25) is 0 Å². The van der Waals surface area contributed by atoms with E-state index in [4.69, 9.17) is 5.21 Å². The quantitative estimate of drug-likeness (QED) is 0.446. The van der Waals surface area contributed by atoms with Crippen LogP contribution in [0.4, 0.5) is 0 Å². The molecule has 2 rings (SSSR count). The molecule has 0 bridgehead atoms. The largest absolute Gasteiger partial charge is 0.288 e. The van der Waals surface area contributed by atoms with Gasteiger partial charge in [0.1, 0.15) is 0 Å². The maximum Gasteiger partial charge on any atom is 0.274 e. The van der Waals surface area contributed by atoms with Gasteiger partial charge in [-0.15, -0.1) is 0 Å². The highest BCUT2D eigenvalue weighted by atomic mass is 16.5. The Bertz CT molecular complexity index is 667. The highest BCUT2D eigenvalue weighted by molar-refractivity contribution is 5.97. The number of hydrazone groups is 1. The summed E-state index contributed by atoms with van der Waals surface area (Å²) in [5, 5.41) is 12.4. The highest BCUT2D eigenvalue weighted by Crippen LogP contribution is 2.04. The lowest BCUT2D eigenvalue weighted by Gasteiger charge is -2.02. The Morgan fingerprint density at radius 2 is 1.55 bits per heavy atom. The number of amides is 2. The third kappa shape index (κ3) is 4.26. The second-order valence-electron chi connectivity index (χ2n) is 4.46. The lowest BCUT2D eigenvalue weighted by molar-refractivity contribution is 0.0706. The summed E-state index contributed by atoms with van der Waals surface area (Å²) in [4.78, 5) is 23.0. The molecule has 2 amide bonds. The van der Waals surface area contributed by atoms with Crippen molar-refractivity contribution in [2.24, 2.45) is 5.10 Å². The first kappa shape index (κ1) is 15.4. The fourth-order valence-electron chi connectivity index (χ4n) is 1.77. The Balaban J connectivity index is 1.88. The van der Waals surface area contributed by atoms with Crippen molar-refractivity contribution in [2.45, 2.75) is 6.42 Å². The maximum atomic E-state index is 11.8. The Kier molecular flexibility index (Phi) is 5.39. The van der Waals surface area contributed by atoms with E-state index in [2.05, 4.69) is 10.5 Å². The molecule has 0 aliphatic rings. The number of hydrogen-bond acceptors (Lipinski definition) is 4. The van der Waals surface area contributed by atoms with Crippen LogP contribution in [0.3, 0.4) is 0 Å². The van der Waals surface area contributed by atoms with E-state index in [0.717, 1.165) is 5.56 Å². The first-order valence-corrected chi connectivity index (χ1v) is 6.61. The van der Waals surface area contributed by atoms with Crippen LogP contribution in [0.1, 0.15) is 26.3 Å². The van der Waals surface area contributed by atoms with Crippen LogP contribution in [0.25, 0.3) is 0 Å². The molecule has 0 aliphatic heterocycles. The van der Waals surface area contributed by atoms with Gasteiger partial charge >= 0.3 is 0 Å². The van der Waals surface area contributed by atoms with Crippen LogP contribution in [-0.4, -0.2) is 23.2 Å². The molecule has 0 heterocycles. The van der Waals surface area contributed by atoms with Crippen molar-refractivity contribution in [3.63, 3.8) is 0 Å². The third-order valence-electron chi connectivity index (χ3n) is 2.94. The number of rotatable bonds is 5. The van der Waals surface area contributed by atoms with Crippen molar-refractivity contribution in [1.29, 1.82) is 0 Å². The summed E-state index contributed by atoms with van der Waals surface area (Å²) in [6.45, 7) is 0. The minimum absolute atomic E-state index is 0.256. The molecule has 0 unspecified atom stereocenters. The predicted octanol–water partition coefficient (Wildman–Crippen LogP) is 1.76. The number of benzene rings is 2. The minimum Gasteiger partial charge on any atom is -0.288 e. The molecule has 6 nitrogen and oxygen atoms in total. The molecule has 3 N–H and O–H groups in total. The molecule has 2 aromatic rings. The summed E-state index contributed by atoms with van der Waals surface area (Å²) >= 11 is 0. The SMILES string of the molecule is O=C(NO)c1ccc(C(=O)N/N=C/Cc2ccccc2)cc1. The van der Waals surface area contributed by atoms with Crippen LogP contribution >= 0.6 is 0 Å². The van der Waals surface area contributed by atoms with Crippen LogP contribution in [0.2, 0.25) is 0 Å². The van der Waals surface area contributed by atoms with E-state index in [9.17, 15) is 9.59 Å². The van der Waals surface area contributed by atoms with E-state index < -0.39 is 5.91 Å². The van der Waals surface area contributed by atoms with Crippen LogP contribution in [0.5, 0.6) is 0 Å². The summed E-state index contributed by atoms with van der Waals surface area (Å²) in [6.07, 6.45) is 2.23. The smallest absolute Gasteiger partial charge is 0.274 e. The summed E-state index contributed by atoms with van der Waals surface area (Å²) in [5.74, 6) is -1.01. The van der Waals surface area contributed by atoms with Crippen LogP contribution in [0, 0.1) is 0 Å². The van der Waals surface area contributed by atoms with Gasteiger partial charge in [0, 0.05) is 23.8 Å². The maximum absolute atomic E-state index is 11.8. The van der Waals surface area contributed by atoms with Crippen molar-refractivity contribution in [2.75, 3.05) is 0 Å². The third-order valence-corrected chi connectivity index (χ3v) is 2.94. The Labute approximate surface area is 127 Å². The Morgan fingerprint density at radius 1 is 0.955 bits per heavy atom. The molecular weight excluding hydrogens is 282 g/mol. The fraction of sp³-hybridized carbons (Fsp3) is 0.0625. The molecule has 112 valence electrons. The number of nitrogens with one attached hydrogen (secondary N) is 2. The second kappa shape index (κ2) is 7.70. The molecule has 22 heavy (non-hydrogen) atoms. The zero-order chi connectivity index (χ0) is 15.8. The van der Waals surface area contributed by atoms with Gasteiger partial charge in [-0.05, 0) is 29.8 Å². The van der Waals surface area contributed by atoms with E-state index in [1.165, 1.54) is 29.7 Å². The summed E-state index contributed by atoms with van der Waals surface area (Å²) in [5.41, 5.74) is 5.66. The fourth-order valence-corrected chi connectivity index (χ4v) is 1.77. The Hall–Kier alpha value is -2.99. The number of nitrogens with zero attached hydrogens (tertiary/aromatic N) is 1. The van der Waals surface area contributed by atoms with Crippen molar-refractivity contribution in [1.82, 2.24) is 10.9 Å². The monoisotopic (exact) mass is 297 g/mol. The molecule has 0 atom stereocenters. The number of carbonyl (C=O) groups is 2. The van der Waals surface area contributed by atoms with E-state index in [1.54, 1.807) is 6.21 Å². The molecule has 0 fully saturated rings. The van der Waals surface area contributed by atoms with Crippen LogP contribution in [-0.2, 0) is 6.42 Å². The summed E-state index contributed by atoms with van der Waals surface area (Å²) in [6, 6.07) is 15.6. The first-order valence-electron chi connectivity index (χ1n) is 6.61. The molecule has 0 radical (unpaired) electrons. The summed E-state index contributed by atoms with van der Waals surface area (Å²) < 4.78 is 0. The summed E-state index contributed by atoms with van der Waals surface area (Å²) in [7, 11) is 0. The molecule has 0 saturated heterocycles. The van der Waals surface area contributed by atoms with Crippen LogP contribution in [0.15, 0.2) is 59.7 Å². The lowest BCUT2D eigenvalue weighted by atomic mass is 10.1. The number of hydroxylamine groups is 1. The van der Waals surface area contributed by atoms with Crippen LogP contribution < -0.4 is 10.9 Å². The zero-order valence-electron chi connectivity index (χ0n) is 11.7. The molecular formula is C16H15N3O3.